The van der Waals surface area contributed by atoms with Gasteiger partial charge in [-0.25, -0.2) is 4.98 Å². The first-order valence-electron chi connectivity index (χ1n) is 7.70. The molecule has 0 unspecified atom stereocenters. The van der Waals surface area contributed by atoms with Crippen molar-refractivity contribution in [2.45, 2.75) is 10.1 Å². The SMILES string of the molecule is O=C(Nc1ccc2nc(SCc3ccccc3)sc2c1)c1cccs1. The molecule has 0 aliphatic carbocycles. The van der Waals surface area contributed by atoms with Gasteiger partial charge in [0.2, 0.25) is 0 Å². The number of thiazole rings is 1. The third kappa shape index (κ3) is 3.92. The summed E-state index contributed by atoms with van der Waals surface area (Å²) in [5.74, 6) is 0.834. The molecule has 0 radical (unpaired) electrons. The quantitative estimate of drug-likeness (QED) is 0.437. The Morgan fingerprint density at radius 3 is 2.76 bits per heavy atom. The van der Waals surface area contributed by atoms with Crippen molar-refractivity contribution in [2.75, 3.05) is 5.32 Å². The van der Waals surface area contributed by atoms with Gasteiger partial charge in [-0.2, -0.15) is 0 Å². The molecule has 0 bridgehead atoms. The number of aromatic nitrogens is 1. The molecular weight excluding hydrogens is 368 g/mol. The summed E-state index contributed by atoms with van der Waals surface area (Å²) in [5.41, 5.74) is 3.06. The molecule has 0 atom stereocenters. The van der Waals surface area contributed by atoms with E-state index in [9.17, 15) is 4.79 Å². The van der Waals surface area contributed by atoms with E-state index in [4.69, 9.17) is 0 Å². The fourth-order valence-corrected chi connectivity index (χ4v) is 5.05. The van der Waals surface area contributed by atoms with Crippen molar-refractivity contribution in [3.8, 4) is 0 Å². The van der Waals surface area contributed by atoms with Crippen LogP contribution in [0, 0.1) is 0 Å². The lowest BCUT2D eigenvalue weighted by atomic mass is 10.2. The standard InChI is InChI=1S/C19H14N2OS3/c22-18(16-7-4-10-23-16)20-14-8-9-15-17(11-14)25-19(21-15)24-12-13-5-2-1-3-6-13/h1-11H,12H2,(H,20,22). The molecule has 0 saturated heterocycles. The minimum absolute atomic E-state index is 0.0717. The molecule has 0 fully saturated rings. The van der Waals surface area contributed by atoms with E-state index in [0.717, 1.165) is 26.0 Å². The van der Waals surface area contributed by atoms with E-state index in [1.54, 1.807) is 23.1 Å². The molecule has 4 rings (SSSR count). The van der Waals surface area contributed by atoms with Crippen LogP contribution >= 0.6 is 34.4 Å². The van der Waals surface area contributed by atoms with Gasteiger partial charge in [0.1, 0.15) is 0 Å². The lowest BCUT2D eigenvalue weighted by Crippen LogP contribution is -2.09. The lowest BCUT2D eigenvalue weighted by molar-refractivity contribution is 0.103. The van der Waals surface area contributed by atoms with Gasteiger partial charge in [0, 0.05) is 11.4 Å². The zero-order valence-electron chi connectivity index (χ0n) is 13.1. The lowest BCUT2D eigenvalue weighted by Gasteiger charge is -2.02. The Bertz CT molecular complexity index is 994. The van der Waals surface area contributed by atoms with Crippen LogP contribution in [0.1, 0.15) is 15.2 Å². The van der Waals surface area contributed by atoms with Gasteiger partial charge in [-0.1, -0.05) is 48.2 Å². The molecule has 2 aromatic carbocycles. The number of thioether (sulfide) groups is 1. The Labute approximate surface area is 157 Å². The summed E-state index contributed by atoms with van der Waals surface area (Å²) < 4.78 is 2.13. The summed E-state index contributed by atoms with van der Waals surface area (Å²) in [5, 5.41) is 4.85. The van der Waals surface area contributed by atoms with Crippen molar-refractivity contribution in [2.24, 2.45) is 0 Å². The molecule has 3 nitrogen and oxygen atoms in total. The van der Waals surface area contributed by atoms with Crippen LogP contribution in [0.4, 0.5) is 5.69 Å². The van der Waals surface area contributed by atoms with Crippen molar-refractivity contribution < 1.29 is 4.79 Å². The number of carbonyl (C=O) groups excluding carboxylic acids is 1. The maximum atomic E-state index is 12.2. The van der Waals surface area contributed by atoms with Crippen molar-refractivity contribution >= 4 is 56.2 Å². The Kier molecular flexibility index (Phi) is 4.83. The van der Waals surface area contributed by atoms with Gasteiger partial charge in [-0.3, -0.25) is 4.79 Å². The maximum absolute atomic E-state index is 12.2. The van der Waals surface area contributed by atoms with E-state index < -0.39 is 0 Å². The predicted octanol–water partition coefficient (Wildman–Crippen LogP) is 5.90. The van der Waals surface area contributed by atoms with E-state index in [1.807, 2.05) is 41.8 Å². The summed E-state index contributed by atoms with van der Waals surface area (Å²) in [6, 6.07) is 19.9. The number of fused-ring (bicyclic) bond motifs is 1. The molecule has 6 heteroatoms. The molecule has 1 amide bonds. The highest BCUT2D eigenvalue weighted by Gasteiger charge is 2.09. The van der Waals surface area contributed by atoms with Crippen LogP contribution in [0.15, 0.2) is 70.4 Å². The molecule has 2 heterocycles. The minimum Gasteiger partial charge on any atom is -0.321 e. The molecule has 25 heavy (non-hydrogen) atoms. The van der Waals surface area contributed by atoms with Crippen LogP contribution in [0.5, 0.6) is 0 Å². The number of nitrogens with zero attached hydrogens (tertiary/aromatic N) is 1. The average molecular weight is 383 g/mol. The minimum atomic E-state index is -0.0717. The number of amides is 1. The number of thiophene rings is 1. The summed E-state index contributed by atoms with van der Waals surface area (Å²) >= 11 is 4.83. The zero-order chi connectivity index (χ0) is 17.1. The van der Waals surface area contributed by atoms with Crippen LogP contribution in [-0.4, -0.2) is 10.9 Å². The normalized spacial score (nSPS) is 10.9. The number of benzene rings is 2. The molecule has 0 spiro atoms. The van der Waals surface area contributed by atoms with Gasteiger partial charge < -0.3 is 5.32 Å². The van der Waals surface area contributed by atoms with Gasteiger partial charge >= 0.3 is 0 Å². The van der Waals surface area contributed by atoms with E-state index >= 15 is 0 Å². The zero-order valence-corrected chi connectivity index (χ0v) is 15.6. The first kappa shape index (κ1) is 16.3. The van der Waals surface area contributed by atoms with Crippen LogP contribution in [0.2, 0.25) is 0 Å². The molecular formula is C19H14N2OS3. The maximum Gasteiger partial charge on any atom is 0.265 e. The molecule has 0 saturated carbocycles. The molecule has 0 aliphatic heterocycles. The largest absolute Gasteiger partial charge is 0.321 e. The molecule has 0 aliphatic rings. The van der Waals surface area contributed by atoms with Crippen LogP contribution in [0.25, 0.3) is 10.2 Å². The van der Waals surface area contributed by atoms with Gasteiger partial charge in [0.05, 0.1) is 15.1 Å². The highest BCUT2D eigenvalue weighted by atomic mass is 32.2. The van der Waals surface area contributed by atoms with Crippen LogP contribution in [-0.2, 0) is 5.75 Å². The number of nitrogens with one attached hydrogen (secondary N) is 1. The van der Waals surface area contributed by atoms with E-state index in [0.29, 0.717) is 4.88 Å². The summed E-state index contributed by atoms with van der Waals surface area (Å²) in [7, 11) is 0. The van der Waals surface area contributed by atoms with Crippen molar-refractivity contribution in [1.29, 1.82) is 0 Å². The van der Waals surface area contributed by atoms with E-state index in [-0.39, 0.29) is 5.91 Å². The Morgan fingerprint density at radius 2 is 1.96 bits per heavy atom. The Morgan fingerprint density at radius 1 is 1.08 bits per heavy atom. The predicted molar refractivity (Wildman–Crippen MR) is 108 cm³/mol. The third-order valence-corrected chi connectivity index (χ3v) is 6.68. The fraction of sp³-hybridized carbons (Fsp3) is 0.0526. The first-order chi connectivity index (χ1) is 12.3. The highest BCUT2D eigenvalue weighted by molar-refractivity contribution is 8.00. The Balaban J connectivity index is 1.48. The average Bonchev–Trinajstić information content (AvgIpc) is 3.30. The van der Waals surface area contributed by atoms with Crippen LogP contribution < -0.4 is 5.32 Å². The smallest absolute Gasteiger partial charge is 0.265 e. The second-order valence-corrected chi connectivity index (χ2v) is 8.57. The summed E-state index contributed by atoms with van der Waals surface area (Å²) in [6.07, 6.45) is 0. The van der Waals surface area contributed by atoms with Crippen LogP contribution in [0.3, 0.4) is 0 Å². The second kappa shape index (κ2) is 7.39. The topological polar surface area (TPSA) is 42.0 Å². The molecule has 1 N–H and O–H groups in total. The van der Waals surface area contributed by atoms with E-state index in [2.05, 4.69) is 34.6 Å². The monoisotopic (exact) mass is 382 g/mol. The van der Waals surface area contributed by atoms with Crippen molar-refractivity contribution in [1.82, 2.24) is 4.98 Å². The fourth-order valence-electron chi connectivity index (χ4n) is 2.36. The third-order valence-electron chi connectivity index (χ3n) is 3.58. The highest BCUT2D eigenvalue weighted by Crippen LogP contribution is 2.33. The molecule has 124 valence electrons. The summed E-state index contributed by atoms with van der Waals surface area (Å²) in [4.78, 5) is 17.5. The number of carbonyl (C=O) groups is 1. The van der Waals surface area contributed by atoms with Crippen molar-refractivity contribution in [3.05, 3.63) is 76.5 Å². The molecule has 4 aromatic rings. The first-order valence-corrected chi connectivity index (χ1v) is 10.4. The molecule has 2 aromatic heterocycles. The van der Waals surface area contributed by atoms with Gasteiger partial charge in [-0.15, -0.1) is 22.7 Å². The van der Waals surface area contributed by atoms with Gasteiger partial charge in [0.25, 0.3) is 5.91 Å². The summed E-state index contributed by atoms with van der Waals surface area (Å²) in [6.45, 7) is 0. The van der Waals surface area contributed by atoms with Gasteiger partial charge in [-0.05, 0) is 35.2 Å². The number of rotatable bonds is 5. The number of hydrogen-bond donors (Lipinski definition) is 1. The second-order valence-electron chi connectivity index (χ2n) is 5.37. The van der Waals surface area contributed by atoms with Gasteiger partial charge in [0.15, 0.2) is 4.34 Å². The van der Waals surface area contributed by atoms with Crippen molar-refractivity contribution in [3.63, 3.8) is 0 Å². The number of hydrogen-bond acceptors (Lipinski definition) is 5. The van der Waals surface area contributed by atoms with E-state index in [1.165, 1.54) is 16.9 Å². The Hall–Kier alpha value is -2.15. The number of anilines is 1.